The largest absolute Gasteiger partial charge is 0.336 e. The number of benzene rings is 1. The number of rotatable bonds is 3. The van der Waals surface area contributed by atoms with E-state index in [-0.39, 0.29) is 11.3 Å². The molecule has 0 N–H and O–H groups in total. The molecule has 0 aromatic heterocycles. The van der Waals surface area contributed by atoms with Crippen molar-refractivity contribution in [3.05, 3.63) is 30.3 Å². The molecule has 4 heteroatoms. The van der Waals surface area contributed by atoms with Crippen molar-refractivity contribution in [3.8, 4) is 0 Å². The molecule has 2 fully saturated rings. The summed E-state index contributed by atoms with van der Waals surface area (Å²) in [6.07, 6.45) is 4.21. The van der Waals surface area contributed by atoms with Crippen molar-refractivity contribution in [1.82, 2.24) is 4.90 Å². The summed E-state index contributed by atoms with van der Waals surface area (Å²) in [5.41, 5.74) is 0. The highest BCUT2D eigenvalue weighted by atomic mass is 35.5. The highest BCUT2D eigenvalue weighted by molar-refractivity contribution is 8.00. The summed E-state index contributed by atoms with van der Waals surface area (Å²) in [6.45, 7) is 0. The molecule has 2 nitrogen and oxygen atoms in total. The normalized spacial score (nSPS) is 29.5. The molecule has 0 radical (unpaired) electrons. The average Bonchev–Trinajstić information content (AvgIpc) is 2.70. The van der Waals surface area contributed by atoms with E-state index in [0.29, 0.717) is 17.8 Å². The molecule has 2 atom stereocenters. The quantitative estimate of drug-likeness (QED) is 0.628. The Bertz CT molecular complexity index is 439. The lowest BCUT2D eigenvalue weighted by Crippen LogP contribution is -2.47. The number of hydrogen-bond acceptors (Lipinski definition) is 2. The van der Waals surface area contributed by atoms with Crippen molar-refractivity contribution in [2.75, 3.05) is 5.75 Å². The Kier molecular flexibility index (Phi) is 4.04. The van der Waals surface area contributed by atoms with E-state index in [1.54, 1.807) is 11.8 Å². The minimum absolute atomic E-state index is 0.267. The van der Waals surface area contributed by atoms with Gasteiger partial charge in [-0.2, -0.15) is 0 Å². The summed E-state index contributed by atoms with van der Waals surface area (Å²) in [6, 6.07) is 10.9. The molecule has 1 aromatic carbocycles. The topological polar surface area (TPSA) is 20.3 Å². The Morgan fingerprint density at radius 3 is 2.47 bits per heavy atom. The smallest absolute Gasteiger partial charge is 0.233 e. The van der Waals surface area contributed by atoms with Crippen molar-refractivity contribution < 1.29 is 4.79 Å². The number of thioether (sulfide) groups is 1. The van der Waals surface area contributed by atoms with E-state index in [1.165, 1.54) is 0 Å². The van der Waals surface area contributed by atoms with Crippen LogP contribution in [0.25, 0.3) is 0 Å². The predicted octanol–water partition coefficient (Wildman–Crippen LogP) is 3.54. The highest BCUT2D eigenvalue weighted by Crippen LogP contribution is 2.38. The van der Waals surface area contributed by atoms with Gasteiger partial charge in [-0.25, -0.2) is 0 Å². The van der Waals surface area contributed by atoms with Gasteiger partial charge in [0.1, 0.15) is 0 Å². The van der Waals surface area contributed by atoms with Gasteiger partial charge in [-0.3, -0.25) is 4.79 Å². The maximum absolute atomic E-state index is 12.4. The molecular formula is C15H18ClNOS. The predicted molar refractivity (Wildman–Crippen MR) is 79.7 cm³/mol. The summed E-state index contributed by atoms with van der Waals surface area (Å²) in [5, 5.41) is 0.267. The molecular weight excluding hydrogens is 278 g/mol. The molecule has 2 heterocycles. The Labute approximate surface area is 123 Å². The fourth-order valence-electron chi connectivity index (χ4n) is 3.25. The molecule has 3 rings (SSSR count). The number of halogens is 1. The first-order valence-electron chi connectivity index (χ1n) is 6.87. The van der Waals surface area contributed by atoms with Gasteiger partial charge in [0.05, 0.1) is 5.75 Å². The number of nitrogens with zero attached hydrogens (tertiary/aromatic N) is 1. The van der Waals surface area contributed by atoms with Crippen LogP contribution in [0.1, 0.15) is 25.7 Å². The van der Waals surface area contributed by atoms with E-state index in [1.807, 2.05) is 18.2 Å². The van der Waals surface area contributed by atoms with Crippen LogP contribution >= 0.6 is 23.4 Å². The minimum atomic E-state index is 0.267. The van der Waals surface area contributed by atoms with Crippen LogP contribution < -0.4 is 0 Å². The molecule has 2 aliphatic rings. The molecule has 102 valence electrons. The second-order valence-corrected chi connectivity index (χ2v) is 7.02. The van der Waals surface area contributed by atoms with Crippen LogP contribution in [0.5, 0.6) is 0 Å². The third-order valence-electron chi connectivity index (χ3n) is 4.07. The van der Waals surface area contributed by atoms with Gasteiger partial charge in [-0.1, -0.05) is 18.2 Å². The number of piperidine rings is 1. The van der Waals surface area contributed by atoms with E-state index in [2.05, 4.69) is 17.0 Å². The maximum atomic E-state index is 12.4. The second-order valence-electron chi connectivity index (χ2n) is 5.36. The highest BCUT2D eigenvalue weighted by Gasteiger charge is 2.42. The van der Waals surface area contributed by atoms with Gasteiger partial charge in [0.25, 0.3) is 0 Å². The summed E-state index contributed by atoms with van der Waals surface area (Å²) < 4.78 is 0. The Balaban J connectivity index is 1.59. The molecule has 0 spiro atoms. The summed E-state index contributed by atoms with van der Waals surface area (Å²) in [4.78, 5) is 15.7. The van der Waals surface area contributed by atoms with Gasteiger partial charge in [0.2, 0.25) is 5.91 Å². The molecule has 2 aliphatic heterocycles. The SMILES string of the molecule is O=C(CSc1ccccc1)N1C2CCC1CC(Cl)C2. The van der Waals surface area contributed by atoms with Crippen molar-refractivity contribution in [3.63, 3.8) is 0 Å². The van der Waals surface area contributed by atoms with Crippen LogP contribution in [-0.2, 0) is 4.79 Å². The summed E-state index contributed by atoms with van der Waals surface area (Å²) in [5.74, 6) is 0.828. The van der Waals surface area contributed by atoms with Gasteiger partial charge >= 0.3 is 0 Å². The zero-order chi connectivity index (χ0) is 13.2. The first kappa shape index (κ1) is 13.3. The molecule has 1 aromatic rings. The zero-order valence-electron chi connectivity index (χ0n) is 10.8. The third-order valence-corrected chi connectivity index (χ3v) is 5.42. The first-order chi connectivity index (χ1) is 9.24. The standard InChI is InChI=1S/C15H18ClNOS/c16-11-8-12-6-7-13(9-11)17(12)15(18)10-19-14-4-2-1-3-5-14/h1-5,11-13H,6-10H2. The van der Waals surface area contributed by atoms with Crippen molar-refractivity contribution in [2.24, 2.45) is 0 Å². The molecule has 2 saturated heterocycles. The average molecular weight is 296 g/mol. The molecule has 19 heavy (non-hydrogen) atoms. The van der Waals surface area contributed by atoms with Crippen molar-refractivity contribution >= 4 is 29.3 Å². The Morgan fingerprint density at radius 1 is 1.21 bits per heavy atom. The number of carbonyl (C=O) groups is 1. The Hall–Kier alpha value is -0.670. The van der Waals surface area contributed by atoms with Gasteiger partial charge in [0, 0.05) is 22.4 Å². The summed E-state index contributed by atoms with van der Waals surface area (Å²) in [7, 11) is 0. The number of fused-ring (bicyclic) bond motifs is 2. The van der Waals surface area contributed by atoms with Gasteiger partial charge in [-0.15, -0.1) is 23.4 Å². The monoisotopic (exact) mass is 295 g/mol. The van der Waals surface area contributed by atoms with Gasteiger partial charge in [-0.05, 0) is 37.8 Å². The molecule has 1 amide bonds. The summed E-state index contributed by atoms with van der Waals surface area (Å²) >= 11 is 7.88. The van der Waals surface area contributed by atoms with E-state index < -0.39 is 0 Å². The Morgan fingerprint density at radius 2 is 1.84 bits per heavy atom. The van der Waals surface area contributed by atoms with E-state index in [0.717, 1.165) is 30.6 Å². The zero-order valence-corrected chi connectivity index (χ0v) is 12.4. The number of hydrogen-bond donors (Lipinski definition) is 0. The van der Waals surface area contributed by atoms with Crippen molar-refractivity contribution in [1.29, 1.82) is 0 Å². The van der Waals surface area contributed by atoms with Crippen LogP contribution in [0.3, 0.4) is 0 Å². The number of alkyl halides is 1. The van der Waals surface area contributed by atoms with E-state index >= 15 is 0 Å². The van der Waals surface area contributed by atoms with E-state index in [9.17, 15) is 4.79 Å². The third kappa shape index (κ3) is 2.92. The van der Waals surface area contributed by atoms with Crippen LogP contribution in [0.2, 0.25) is 0 Å². The lowest BCUT2D eigenvalue weighted by Gasteiger charge is -2.37. The molecule has 0 aliphatic carbocycles. The second kappa shape index (κ2) is 5.76. The van der Waals surface area contributed by atoms with Gasteiger partial charge < -0.3 is 4.90 Å². The first-order valence-corrected chi connectivity index (χ1v) is 8.29. The van der Waals surface area contributed by atoms with Gasteiger partial charge in [0.15, 0.2) is 0 Å². The maximum Gasteiger partial charge on any atom is 0.233 e. The van der Waals surface area contributed by atoms with E-state index in [4.69, 9.17) is 11.6 Å². The minimum Gasteiger partial charge on any atom is -0.336 e. The number of amides is 1. The molecule has 2 bridgehead atoms. The molecule has 0 saturated carbocycles. The van der Waals surface area contributed by atoms with Crippen LogP contribution in [0, 0.1) is 0 Å². The lowest BCUT2D eigenvalue weighted by atomic mass is 10.0. The van der Waals surface area contributed by atoms with Crippen LogP contribution in [0.4, 0.5) is 0 Å². The van der Waals surface area contributed by atoms with Crippen LogP contribution in [0.15, 0.2) is 35.2 Å². The fourth-order valence-corrected chi connectivity index (χ4v) is 4.45. The number of carbonyl (C=O) groups excluding carboxylic acids is 1. The molecule has 2 unspecified atom stereocenters. The fraction of sp³-hybridized carbons (Fsp3) is 0.533. The lowest BCUT2D eigenvalue weighted by molar-refractivity contribution is -0.132. The van der Waals surface area contributed by atoms with Crippen molar-refractivity contribution in [2.45, 2.75) is 48.0 Å². The van der Waals surface area contributed by atoms with Crippen LogP contribution in [-0.4, -0.2) is 34.0 Å².